The Hall–Kier alpha value is -1.01. The average Bonchev–Trinajstić information content (AvgIpc) is 2.99. The summed E-state index contributed by atoms with van der Waals surface area (Å²) in [5.74, 6) is -0.224. The van der Waals surface area contributed by atoms with Gasteiger partial charge in [-0.25, -0.2) is 21.9 Å². The van der Waals surface area contributed by atoms with Crippen molar-refractivity contribution in [2.45, 2.75) is 43.5 Å². The van der Waals surface area contributed by atoms with Gasteiger partial charge in [0.05, 0.1) is 0 Å². The number of fused-ring (bicyclic) bond motifs is 2. The van der Waals surface area contributed by atoms with Gasteiger partial charge < -0.3 is 0 Å². The molecule has 21 heavy (non-hydrogen) atoms. The lowest BCUT2D eigenvalue weighted by Gasteiger charge is -2.28. The average molecular weight is 315 g/mol. The highest BCUT2D eigenvalue weighted by molar-refractivity contribution is 7.89. The lowest BCUT2D eigenvalue weighted by Crippen LogP contribution is -2.40. The third-order valence-electron chi connectivity index (χ3n) is 4.96. The number of hydrogen-bond acceptors (Lipinski definition) is 2. The van der Waals surface area contributed by atoms with Crippen LogP contribution in [0, 0.1) is 29.4 Å². The Kier molecular flexibility index (Phi) is 3.78. The minimum atomic E-state index is -3.95. The third kappa shape index (κ3) is 2.83. The second kappa shape index (κ2) is 5.32. The van der Waals surface area contributed by atoms with E-state index in [9.17, 15) is 17.2 Å². The van der Waals surface area contributed by atoms with Crippen molar-refractivity contribution in [3.8, 4) is 0 Å². The predicted octanol–water partition coefficient (Wildman–Crippen LogP) is 3.07. The molecule has 2 bridgehead atoms. The van der Waals surface area contributed by atoms with Crippen LogP contribution in [0.25, 0.3) is 0 Å². The van der Waals surface area contributed by atoms with E-state index in [-0.39, 0.29) is 6.04 Å². The van der Waals surface area contributed by atoms with Gasteiger partial charge >= 0.3 is 0 Å². The second-order valence-electron chi connectivity index (χ2n) is 6.32. The van der Waals surface area contributed by atoms with Crippen molar-refractivity contribution in [2.24, 2.45) is 17.8 Å². The molecule has 116 valence electrons. The van der Waals surface area contributed by atoms with Crippen molar-refractivity contribution in [3.05, 3.63) is 29.8 Å². The Bertz CT molecular complexity index is 647. The highest BCUT2D eigenvalue weighted by Crippen LogP contribution is 2.49. The zero-order chi connectivity index (χ0) is 15.2. The molecule has 1 aromatic carbocycles. The van der Waals surface area contributed by atoms with Gasteiger partial charge in [0.1, 0.15) is 16.5 Å². The van der Waals surface area contributed by atoms with E-state index in [2.05, 4.69) is 4.72 Å². The summed E-state index contributed by atoms with van der Waals surface area (Å²) in [6.45, 7) is 1.84. The Morgan fingerprint density at radius 1 is 1.24 bits per heavy atom. The Morgan fingerprint density at radius 2 is 2.00 bits per heavy atom. The van der Waals surface area contributed by atoms with E-state index in [1.165, 1.54) is 12.8 Å². The fourth-order valence-corrected chi connectivity index (χ4v) is 5.35. The van der Waals surface area contributed by atoms with Crippen molar-refractivity contribution in [1.29, 1.82) is 0 Å². The summed E-state index contributed by atoms with van der Waals surface area (Å²) < 4.78 is 53.7. The first-order valence-electron chi connectivity index (χ1n) is 7.34. The molecule has 1 N–H and O–H groups in total. The van der Waals surface area contributed by atoms with Crippen LogP contribution in [0.2, 0.25) is 0 Å². The van der Waals surface area contributed by atoms with Gasteiger partial charge in [0.15, 0.2) is 0 Å². The number of hydrogen-bond donors (Lipinski definition) is 1. The largest absolute Gasteiger partial charge is 0.243 e. The van der Waals surface area contributed by atoms with E-state index in [1.54, 1.807) is 0 Å². The number of sulfonamides is 1. The molecular weight excluding hydrogens is 296 g/mol. The molecule has 0 saturated heterocycles. The van der Waals surface area contributed by atoms with Gasteiger partial charge in [-0.05, 0) is 56.1 Å². The van der Waals surface area contributed by atoms with E-state index < -0.39 is 26.6 Å². The van der Waals surface area contributed by atoms with Crippen LogP contribution in [-0.4, -0.2) is 14.5 Å². The van der Waals surface area contributed by atoms with Crippen LogP contribution in [0.1, 0.15) is 32.6 Å². The third-order valence-corrected chi connectivity index (χ3v) is 6.55. The van der Waals surface area contributed by atoms with Crippen LogP contribution in [0.15, 0.2) is 23.1 Å². The zero-order valence-electron chi connectivity index (χ0n) is 11.9. The highest BCUT2D eigenvalue weighted by Gasteiger charge is 2.42. The molecule has 2 aliphatic rings. The Labute approximate surface area is 123 Å². The Balaban J connectivity index is 1.76. The van der Waals surface area contributed by atoms with Crippen LogP contribution >= 0.6 is 0 Å². The van der Waals surface area contributed by atoms with Crippen LogP contribution in [0.3, 0.4) is 0 Å². The predicted molar refractivity (Wildman–Crippen MR) is 75.1 cm³/mol. The van der Waals surface area contributed by atoms with Gasteiger partial charge in [-0.15, -0.1) is 0 Å². The molecule has 0 aliphatic heterocycles. The SMILES string of the molecule is C[C@H](NS(=O)(=O)c1ccc(F)cc1F)[C@@H]1C[C@H]2CC[C@H]1C2. The zero-order valence-corrected chi connectivity index (χ0v) is 12.7. The summed E-state index contributed by atoms with van der Waals surface area (Å²) in [7, 11) is -3.95. The smallest absolute Gasteiger partial charge is 0.208 e. The summed E-state index contributed by atoms with van der Waals surface area (Å²) in [6.07, 6.45) is 4.63. The van der Waals surface area contributed by atoms with Gasteiger partial charge in [-0.1, -0.05) is 6.42 Å². The molecule has 1 aromatic rings. The molecule has 2 aliphatic carbocycles. The quantitative estimate of drug-likeness (QED) is 0.928. The van der Waals surface area contributed by atoms with Crippen LogP contribution < -0.4 is 4.72 Å². The maximum atomic E-state index is 13.7. The minimum Gasteiger partial charge on any atom is -0.208 e. The number of benzene rings is 1. The van der Waals surface area contributed by atoms with Gasteiger partial charge in [0.2, 0.25) is 10.0 Å². The molecule has 6 heteroatoms. The Morgan fingerprint density at radius 3 is 2.57 bits per heavy atom. The van der Waals surface area contributed by atoms with E-state index in [0.717, 1.165) is 30.9 Å². The topological polar surface area (TPSA) is 46.2 Å². The molecule has 0 aromatic heterocycles. The monoisotopic (exact) mass is 315 g/mol. The van der Waals surface area contributed by atoms with Gasteiger partial charge in [0.25, 0.3) is 0 Å². The van der Waals surface area contributed by atoms with Gasteiger partial charge in [-0.3, -0.25) is 0 Å². The standard InChI is InChI=1S/C15H19F2NO2S/c1-9(13-7-10-2-3-11(13)6-10)18-21(19,20)15-5-4-12(16)8-14(15)17/h4-5,8-11,13,18H,2-3,6-7H2,1H3/t9-,10-,11-,13-/m0/s1. The molecule has 0 amide bonds. The van der Waals surface area contributed by atoms with E-state index in [4.69, 9.17) is 0 Å². The number of nitrogens with one attached hydrogen (secondary N) is 1. The summed E-state index contributed by atoms with van der Waals surface area (Å²) >= 11 is 0. The normalized spacial score (nSPS) is 29.8. The molecule has 0 spiro atoms. The first kappa shape index (κ1) is 14.9. The maximum Gasteiger partial charge on any atom is 0.243 e. The molecule has 2 fully saturated rings. The number of rotatable bonds is 4. The lowest BCUT2D eigenvalue weighted by molar-refractivity contribution is 0.280. The first-order chi connectivity index (χ1) is 9.87. The minimum absolute atomic E-state index is 0.227. The summed E-state index contributed by atoms with van der Waals surface area (Å²) in [5.41, 5.74) is 0. The molecule has 3 nitrogen and oxygen atoms in total. The van der Waals surface area contributed by atoms with Crippen LogP contribution in [-0.2, 0) is 10.0 Å². The molecule has 0 heterocycles. The molecular formula is C15H19F2NO2S. The molecule has 4 atom stereocenters. The van der Waals surface area contributed by atoms with Crippen molar-refractivity contribution < 1.29 is 17.2 Å². The first-order valence-corrected chi connectivity index (χ1v) is 8.82. The summed E-state index contributed by atoms with van der Waals surface area (Å²) in [6, 6.07) is 2.30. The summed E-state index contributed by atoms with van der Waals surface area (Å²) in [4.78, 5) is -0.487. The maximum absolute atomic E-state index is 13.7. The molecule has 0 unspecified atom stereocenters. The fraction of sp³-hybridized carbons (Fsp3) is 0.600. The van der Waals surface area contributed by atoms with Gasteiger partial charge in [0, 0.05) is 12.1 Å². The highest BCUT2D eigenvalue weighted by atomic mass is 32.2. The van der Waals surface area contributed by atoms with Gasteiger partial charge in [-0.2, -0.15) is 0 Å². The van der Waals surface area contributed by atoms with E-state index in [1.807, 2.05) is 6.92 Å². The number of halogens is 2. The second-order valence-corrected chi connectivity index (χ2v) is 8.01. The van der Waals surface area contributed by atoms with Crippen molar-refractivity contribution in [1.82, 2.24) is 4.72 Å². The van der Waals surface area contributed by atoms with Crippen molar-refractivity contribution in [2.75, 3.05) is 0 Å². The van der Waals surface area contributed by atoms with Crippen LogP contribution in [0.5, 0.6) is 0 Å². The van der Waals surface area contributed by atoms with Crippen molar-refractivity contribution >= 4 is 10.0 Å². The molecule has 2 saturated carbocycles. The van der Waals surface area contributed by atoms with E-state index >= 15 is 0 Å². The lowest BCUT2D eigenvalue weighted by atomic mass is 9.84. The van der Waals surface area contributed by atoms with Crippen molar-refractivity contribution in [3.63, 3.8) is 0 Å². The fourth-order valence-electron chi connectivity index (χ4n) is 4.00. The summed E-state index contributed by atoms with van der Waals surface area (Å²) in [5, 5.41) is 0. The van der Waals surface area contributed by atoms with E-state index in [0.29, 0.717) is 17.9 Å². The van der Waals surface area contributed by atoms with Crippen LogP contribution in [0.4, 0.5) is 8.78 Å². The molecule has 3 rings (SSSR count). The molecule has 0 radical (unpaired) electrons.